The molecular weight excluding hydrogens is 350 g/mol. The zero-order valence-corrected chi connectivity index (χ0v) is 14.5. The summed E-state index contributed by atoms with van der Waals surface area (Å²) in [6.07, 6.45) is 0. The predicted molar refractivity (Wildman–Crippen MR) is 97.3 cm³/mol. The number of thioether (sulfide) groups is 1. The Morgan fingerprint density at radius 1 is 1.04 bits per heavy atom. The lowest BCUT2D eigenvalue weighted by Crippen LogP contribution is -1.99. The van der Waals surface area contributed by atoms with Gasteiger partial charge in [0.15, 0.2) is 4.34 Å². The zero-order chi connectivity index (χ0) is 15.9. The number of aromatic nitrogens is 2. The maximum Gasteiger partial charge on any atom is 0.210 e. The standard InChI is InChI=1S/C16H14ClN3OS2/c17-12-6-8-14(9-7-12)21-10-11-22-16-20-19-15(23-16)18-13-4-2-1-3-5-13/h1-9H,10-11H2,(H,18,19). The topological polar surface area (TPSA) is 47.0 Å². The van der Waals surface area contributed by atoms with E-state index >= 15 is 0 Å². The van der Waals surface area contributed by atoms with E-state index in [-0.39, 0.29) is 0 Å². The van der Waals surface area contributed by atoms with Gasteiger partial charge in [0.25, 0.3) is 0 Å². The Morgan fingerprint density at radius 2 is 1.83 bits per heavy atom. The molecule has 7 heteroatoms. The minimum absolute atomic E-state index is 0.604. The van der Waals surface area contributed by atoms with Crippen molar-refractivity contribution >= 4 is 45.5 Å². The minimum Gasteiger partial charge on any atom is -0.493 e. The van der Waals surface area contributed by atoms with Gasteiger partial charge in [0.2, 0.25) is 5.13 Å². The molecule has 0 saturated heterocycles. The first-order valence-electron chi connectivity index (χ1n) is 6.96. The Labute approximate surface area is 147 Å². The Morgan fingerprint density at radius 3 is 2.61 bits per heavy atom. The molecule has 4 nitrogen and oxygen atoms in total. The monoisotopic (exact) mass is 363 g/mol. The van der Waals surface area contributed by atoms with Gasteiger partial charge in [0.05, 0.1) is 6.61 Å². The van der Waals surface area contributed by atoms with Crippen molar-refractivity contribution in [3.8, 4) is 5.75 Å². The highest BCUT2D eigenvalue weighted by Crippen LogP contribution is 2.27. The van der Waals surface area contributed by atoms with Gasteiger partial charge >= 0.3 is 0 Å². The molecule has 1 heterocycles. The van der Waals surface area contributed by atoms with E-state index in [1.54, 1.807) is 11.8 Å². The zero-order valence-electron chi connectivity index (χ0n) is 12.1. The van der Waals surface area contributed by atoms with Gasteiger partial charge in [0.1, 0.15) is 5.75 Å². The van der Waals surface area contributed by atoms with E-state index in [1.165, 1.54) is 11.3 Å². The molecular formula is C16H14ClN3OS2. The van der Waals surface area contributed by atoms with Crippen molar-refractivity contribution in [1.82, 2.24) is 10.2 Å². The molecule has 0 unspecified atom stereocenters. The molecule has 2 aromatic carbocycles. The number of rotatable bonds is 7. The highest BCUT2D eigenvalue weighted by atomic mass is 35.5. The normalized spacial score (nSPS) is 10.5. The second kappa shape index (κ2) is 8.19. The van der Waals surface area contributed by atoms with Crippen LogP contribution in [0.3, 0.4) is 0 Å². The van der Waals surface area contributed by atoms with Crippen molar-refractivity contribution in [2.75, 3.05) is 17.7 Å². The Hall–Kier alpha value is -1.76. The third-order valence-corrected chi connectivity index (χ3v) is 5.01. The van der Waals surface area contributed by atoms with Crippen LogP contribution in [0, 0.1) is 0 Å². The number of para-hydroxylation sites is 1. The van der Waals surface area contributed by atoms with E-state index in [4.69, 9.17) is 16.3 Å². The number of nitrogens with zero attached hydrogens (tertiary/aromatic N) is 2. The lowest BCUT2D eigenvalue weighted by atomic mass is 10.3. The first-order valence-corrected chi connectivity index (χ1v) is 9.14. The summed E-state index contributed by atoms with van der Waals surface area (Å²) in [5.74, 6) is 1.63. The predicted octanol–water partition coefficient (Wildman–Crippen LogP) is 5.11. The molecule has 23 heavy (non-hydrogen) atoms. The van der Waals surface area contributed by atoms with Gasteiger partial charge in [-0.05, 0) is 36.4 Å². The molecule has 3 aromatic rings. The highest BCUT2D eigenvalue weighted by molar-refractivity contribution is 8.01. The van der Waals surface area contributed by atoms with Gasteiger partial charge in [-0.3, -0.25) is 0 Å². The molecule has 118 valence electrons. The summed E-state index contributed by atoms with van der Waals surface area (Å²) in [7, 11) is 0. The quantitative estimate of drug-likeness (QED) is 0.467. The average molecular weight is 364 g/mol. The van der Waals surface area contributed by atoms with Crippen molar-refractivity contribution in [1.29, 1.82) is 0 Å². The van der Waals surface area contributed by atoms with Crippen LogP contribution in [0.15, 0.2) is 58.9 Å². The smallest absolute Gasteiger partial charge is 0.210 e. The third kappa shape index (κ3) is 5.13. The molecule has 1 aromatic heterocycles. The van der Waals surface area contributed by atoms with Crippen molar-refractivity contribution in [3.63, 3.8) is 0 Å². The van der Waals surface area contributed by atoms with Gasteiger partial charge in [-0.15, -0.1) is 10.2 Å². The van der Waals surface area contributed by atoms with Crippen molar-refractivity contribution < 1.29 is 4.74 Å². The van der Waals surface area contributed by atoms with Crippen molar-refractivity contribution in [2.24, 2.45) is 0 Å². The molecule has 3 rings (SSSR count). The Balaban J connectivity index is 1.43. The first kappa shape index (κ1) is 16.1. The average Bonchev–Trinajstić information content (AvgIpc) is 3.02. The largest absolute Gasteiger partial charge is 0.493 e. The van der Waals surface area contributed by atoms with E-state index in [0.29, 0.717) is 11.6 Å². The second-order valence-electron chi connectivity index (χ2n) is 4.51. The van der Waals surface area contributed by atoms with Crippen molar-refractivity contribution in [3.05, 3.63) is 59.6 Å². The van der Waals surface area contributed by atoms with Crippen molar-refractivity contribution in [2.45, 2.75) is 4.34 Å². The molecule has 0 bridgehead atoms. The highest BCUT2D eigenvalue weighted by Gasteiger charge is 2.05. The number of hydrogen-bond acceptors (Lipinski definition) is 6. The summed E-state index contributed by atoms with van der Waals surface area (Å²) < 4.78 is 6.57. The van der Waals surface area contributed by atoms with Crippen LogP contribution in [0.4, 0.5) is 10.8 Å². The fourth-order valence-corrected chi connectivity index (χ4v) is 3.57. The van der Waals surface area contributed by atoms with E-state index in [0.717, 1.165) is 26.7 Å². The SMILES string of the molecule is Clc1ccc(OCCSc2nnc(Nc3ccccc3)s2)cc1. The summed E-state index contributed by atoms with van der Waals surface area (Å²) in [5.41, 5.74) is 1.01. The molecule has 0 spiro atoms. The Kier molecular flexibility index (Phi) is 5.74. The summed E-state index contributed by atoms with van der Waals surface area (Å²) in [6, 6.07) is 17.3. The molecule has 0 atom stereocenters. The van der Waals surface area contributed by atoms with E-state index in [2.05, 4.69) is 15.5 Å². The summed E-state index contributed by atoms with van der Waals surface area (Å²) in [5, 5.41) is 13.0. The number of halogens is 1. The van der Waals surface area contributed by atoms with Gasteiger partial charge in [-0.25, -0.2) is 0 Å². The minimum atomic E-state index is 0.604. The van der Waals surface area contributed by atoms with E-state index in [1.807, 2.05) is 54.6 Å². The lowest BCUT2D eigenvalue weighted by Gasteiger charge is -2.04. The van der Waals surface area contributed by atoms with Gasteiger partial charge in [-0.1, -0.05) is 52.9 Å². The third-order valence-electron chi connectivity index (χ3n) is 2.82. The lowest BCUT2D eigenvalue weighted by molar-refractivity contribution is 0.344. The van der Waals surface area contributed by atoms with Crippen LogP contribution in [0.1, 0.15) is 0 Å². The molecule has 0 saturated carbocycles. The summed E-state index contributed by atoms with van der Waals surface area (Å²) >= 11 is 8.99. The molecule has 0 radical (unpaired) electrons. The van der Waals surface area contributed by atoms with Gasteiger partial charge in [-0.2, -0.15) is 0 Å². The molecule has 1 N–H and O–H groups in total. The fraction of sp³-hybridized carbons (Fsp3) is 0.125. The number of anilines is 2. The van der Waals surface area contributed by atoms with Gasteiger partial charge < -0.3 is 10.1 Å². The van der Waals surface area contributed by atoms with Crippen LogP contribution in [-0.2, 0) is 0 Å². The fourth-order valence-electron chi connectivity index (χ4n) is 1.78. The number of benzene rings is 2. The summed E-state index contributed by atoms with van der Waals surface area (Å²) in [4.78, 5) is 0. The molecule has 0 aliphatic heterocycles. The van der Waals surface area contributed by atoms with Crippen LogP contribution < -0.4 is 10.1 Å². The first-order chi connectivity index (χ1) is 11.3. The number of nitrogens with one attached hydrogen (secondary N) is 1. The van der Waals surface area contributed by atoms with Crippen LogP contribution in [0.2, 0.25) is 5.02 Å². The maximum atomic E-state index is 5.83. The van der Waals surface area contributed by atoms with Crippen LogP contribution in [-0.4, -0.2) is 22.6 Å². The van der Waals surface area contributed by atoms with Crippen LogP contribution in [0.5, 0.6) is 5.75 Å². The molecule has 0 fully saturated rings. The van der Waals surface area contributed by atoms with Crippen LogP contribution >= 0.6 is 34.7 Å². The number of hydrogen-bond donors (Lipinski definition) is 1. The molecule has 0 amide bonds. The van der Waals surface area contributed by atoms with Gasteiger partial charge in [0, 0.05) is 16.5 Å². The summed E-state index contributed by atoms with van der Waals surface area (Å²) in [6.45, 7) is 0.604. The Bertz CT molecular complexity index is 735. The van der Waals surface area contributed by atoms with Crippen LogP contribution in [0.25, 0.3) is 0 Å². The number of ether oxygens (including phenoxy) is 1. The molecule has 0 aliphatic carbocycles. The second-order valence-corrected chi connectivity index (χ2v) is 7.27. The van der Waals surface area contributed by atoms with E-state index in [9.17, 15) is 0 Å². The molecule has 0 aliphatic rings. The van der Waals surface area contributed by atoms with E-state index < -0.39 is 0 Å². The maximum absolute atomic E-state index is 5.83.